The summed E-state index contributed by atoms with van der Waals surface area (Å²) < 4.78 is 1.92. The lowest BCUT2D eigenvalue weighted by atomic mass is 10.1. The van der Waals surface area contributed by atoms with Crippen molar-refractivity contribution in [2.24, 2.45) is 0 Å². The molecule has 0 aliphatic carbocycles. The molecule has 0 saturated heterocycles. The minimum absolute atomic E-state index is 0.237. The second kappa shape index (κ2) is 8.64. The van der Waals surface area contributed by atoms with Crippen LogP contribution in [0.2, 0.25) is 0 Å². The molecule has 3 aromatic heterocycles. The number of aryl methyl sites for hydroxylation is 4. The van der Waals surface area contributed by atoms with E-state index in [9.17, 15) is 9.59 Å². The number of fused-ring (bicyclic) bond motifs is 1. The van der Waals surface area contributed by atoms with E-state index in [1.54, 1.807) is 13.3 Å². The van der Waals surface area contributed by atoms with Crippen LogP contribution in [0.25, 0.3) is 10.2 Å². The van der Waals surface area contributed by atoms with Crippen molar-refractivity contribution in [1.82, 2.24) is 24.7 Å². The number of carbonyl (C=O) groups is 1. The highest BCUT2D eigenvalue weighted by Crippen LogP contribution is 2.29. The van der Waals surface area contributed by atoms with Crippen LogP contribution in [-0.2, 0) is 12.3 Å². The molecule has 160 valence electrons. The lowest BCUT2D eigenvalue weighted by Crippen LogP contribution is -2.13. The molecular formula is C21H22N6O2S2. The van der Waals surface area contributed by atoms with E-state index in [2.05, 4.69) is 25.5 Å². The molecule has 8 nitrogen and oxygen atoms in total. The van der Waals surface area contributed by atoms with Gasteiger partial charge in [0.2, 0.25) is 0 Å². The molecule has 0 bridgehead atoms. The Kier molecular flexibility index (Phi) is 5.92. The van der Waals surface area contributed by atoms with Gasteiger partial charge in [-0.2, -0.15) is 0 Å². The van der Waals surface area contributed by atoms with Crippen LogP contribution in [0.5, 0.6) is 0 Å². The molecule has 0 fully saturated rings. The molecule has 1 amide bonds. The summed E-state index contributed by atoms with van der Waals surface area (Å²) in [5.74, 6) is 0.750. The smallest absolute Gasteiger partial charge is 0.266 e. The number of aromatic nitrogens is 5. The minimum atomic E-state index is -0.239. The molecule has 4 rings (SSSR count). The zero-order valence-electron chi connectivity index (χ0n) is 17.6. The van der Waals surface area contributed by atoms with Crippen molar-refractivity contribution < 1.29 is 4.79 Å². The van der Waals surface area contributed by atoms with E-state index in [1.165, 1.54) is 23.1 Å². The molecule has 0 radical (unpaired) electrons. The monoisotopic (exact) mass is 454 g/mol. The van der Waals surface area contributed by atoms with Crippen LogP contribution in [0, 0.1) is 20.8 Å². The van der Waals surface area contributed by atoms with E-state index in [1.807, 2.05) is 43.5 Å². The van der Waals surface area contributed by atoms with E-state index in [0.717, 1.165) is 28.5 Å². The molecule has 0 unspecified atom stereocenters. The van der Waals surface area contributed by atoms with Crippen molar-refractivity contribution in [2.75, 3.05) is 5.32 Å². The number of carbonyl (C=O) groups excluding carboxylic acids is 1. The van der Waals surface area contributed by atoms with Gasteiger partial charge in [0.1, 0.15) is 17.0 Å². The highest BCUT2D eigenvalue weighted by molar-refractivity contribution is 7.98. The first-order chi connectivity index (χ1) is 14.9. The van der Waals surface area contributed by atoms with Crippen molar-refractivity contribution in [2.45, 2.75) is 45.1 Å². The second-order valence-corrected chi connectivity index (χ2v) is 9.15. The maximum absolute atomic E-state index is 12.9. The van der Waals surface area contributed by atoms with Gasteiger partial charge in [0.25, 0.3) is 11.5 Å². The maximum atomic E-state index is 12.9. The second-order valence-electron chi connectivity index (χ2n) is 7.21. The van der Waals surface area contributed by atoms with Crippen molar-refractivity contribution in [3.63, 3.8) is 0 Å². The van der Waals surface area contributed by atoms with Gasteiger partial charge in [-0.1, -0.05) is 29.5 Å². The molecule has 0 spiro atoms. The van der Waals surface area contributed by atoms with Crippen LogP contribution in [-0.4, -0.2) is 30.6 Å². The van der Waals surface area contributed by atoms with Crippen molar-refractivity contribution in [3.8, 4) is 0 Å². The highest BCUT2D eigenvalue weighted by atomic mass is 32.2. The summed E-state index contributed by atoms with van der Waals surface area (Å²) in [6.45, 7) is 8.52. The van der Waals surface area contributed by atoms with Crippen LogP contribution in [0.3, 0.4) is 0 Å². The molecule has 1 aromatic carbocycles. The molecule has 2 N–H and O–H groups in total. The summed E-state index contributed by atoms with van der Waals surface area (Å²) in [4.78, 5) is 34.1. The maximum Gasteiger partial charge on any atom is 0.266 e. The van der Waals surface area contributed by atoms with Gasteiger partial charge in [-0.15, -0.1) is 21.5 Å². The lowest BCUT2D eigenvalue weighted by Gasteiger charge is -2.08. The molecule has 0 saturated carbocycles. The predicted octanol–water partition coefficient (Wildman–Crippen LogP) is 4.07. The summed E-state index contributed by atoms with van der Waals surface area (Å²) in [6, 6.07) is 5.86. The molecule has 10 heteroatoms. The molecule has 4 aromatic rings. The van der Waals surface area contributed by atoms with E-state index in [0.29, 0.717) is 32.2 Å². The third-order valence-corrected chi connectivity index (χ3v) is 7.12. The first-order valence-electron chi connectivity index (χ1n) is 9.79. The van der Waals surface area contributed by atoms with Gasteiger partial charge in [-0.3, -0.25) is 9.59 Å². The van der Waals surface area contributed by atoms with E-state index >= 15 is 0 Å². The summed E-state index contributed by atoms with van der Waals surface area (Å²) >= 11 is 2.69. The van der Waals surface area contributed by atoms with Gasteiger partial charge in [0.05, 0.1) is 16.0 Å². The Morgan fingerprint density at radius 1 is 1.29 bits per heavy atom. The zero-order chi connectivity index (χ0) is 22.1. The Hall–Kier alpha value is -2.98. The average Bonchev–Trinajstić information content (AvgIpc) is 3.32. The standard InChI is InChI=1S/C21H22N6O2S2/c1-5-27-10-22-26-21(27)30-9-15-24-18(28)16-13(4)17(31-20(16)25-15)19(29)23-14-7-6-11(2)8-12(14)3/h6-8,10H,5,9H2,1-4H3,(H,23,29)(H,24,25,28). The molecule has 31 heavy (non-hydrogen) atoms. The van der Waals surface area contributed by atoms with Crippen molar-refractivity contribution in [1.29, 1.82) is 0 Å². The number of rotatable bonds is 6. The summed E-state index contributed by atoms with van der Waals surface area (Å²) in [6.07, 6.45) is 1.67. The van der Waals surface area contributed by atoms with Gasteiger partial charge in [0.15, 0.2) is 5.16 Å². The fourth-order valence-corrected chi connectivity index (χ4v) is 5.26. The minimum Gasteiger partial charge on any atom is -0.321 e. The Bertz CT molecular complexity index is 1340. The Morgan fingerprint density at radius 3 is 2.84 bits per heavy atom. The number of anilines is 1. The van der Waals surface area contributed by atoms with Crippen LogP contribution >= 0.6 is 23.1 Å². The van der Waals surface area contributed by atoms with Crippen molar-refractivity contribution in [3.05, 3.63) is 62.3 Å². The third kappa shape index (κ3) is 4.26. The molecular weight excluding hydrogens is 432 g/mol. The third-order valence-electron chi connectivity index (χ3n) is 4.94. The first-order valence-corrected chi connectivity index (χ1v) is 11.6. The van der Waals surface area contributed by atoms with Crippen molar-refractivity contribution >= 4 is 44.9 Å². The van der Waals surface area contributed by atoms with Gasteiger partial charge in [0, 0.05) is 12.2 Å². The number of hydrogen-bond donors (Lipinski definition) is 2. The molecule has 0 atom stereocenters. The van der Waals surface area contributed by atoms with Gasteiger partial charge < -0.3 is 14.9 Å². The quantitative estimate of drug-likeness (QED) is 0.426. The number of nitrogens with one attached hydrogen (secondary N) is 2. The predicted molar refractivity (Wildman–Crippen MR) is 124 cm³/mol. The van der Waals surface area contributed by atoms with Gasteiger partial charge in [-0.05, 0) is 44.9 Å². The van der Waals surface area contributed by atoms with Gasteiger partial charge >= 0.3 is 0 Å². The number of nitrogens with zero attached hydrogens (tertiary/aromatic N) is 4. The average molecular weight is 455 g/mol. The van der Waals surface area contributed by atoms with E-state index in [4.69, 9.17) is 0 Å². The number of hydrogen-bond acceptors (Lipinski definition) is 7. The zero-order valence-corrected chi connectivity index (χ0v) is 19.3. The topological polar surface area (TPSA) is 106 Å². The van der Waals surface area contributed by atoms with E-state index < -0.39 is 0 Å². The van der Waals surface area contributed by atoms with Crippen LogP contribution < -0.4 is 10.9 Å². The number of H-pyrrole nitrogens is 1. The first kappa shape index (κ1) is 21.3. The van der Waals surface area contributed by atoms with Crippen LogP contribution in [0.1, 0.15) is 39.1 Å². The molecule has 0 aliphatic heterocycles. The fraction of sp³-hybridized carbons (Fsp3) is 0.286. The number of amides is 1. The highest BCUT2D eigenvalue weighted by Gasteiger charge is 2.20. The Balaban J connectivity index is 1.61. The molecule has 0 aliphatic rings. The summed E-state index contributed by atoms with van der Waals surface area (Å²) in [5, 5.41) is 12.2. The molecule has 3 heterocycles. The number of aromatic amines is 1. The van der Waals surface area contributed by atoms with Gasteiger partial charge in [-0.25, -0.2) is 4.98 Å². The normalized spacial score (nSPS) is 11.2. The van der Waals surface area contributed by atoms with Crippen LogP contribution in [0.4, 0.5) is 5.69 Å². The Labute approximate surface area is 187 Å². The SMILES string of the molecule is CCn1cnnc1SCc1nc2sc(C(=O)Nc3ccc(C)cc3C)c(C)c2c(=O)[nH]1. The summed E-state index contributed by atoms with van der Waals surface area (Å²) in [5.41, 5.74) is 3.28. The van der Waals surface area contributed by atoms with Crippen LogP contribution in [0.15, 0.2) is 34.5 Å². The number of thiophene rings is 1. The fourth-order valence-electron chi connectivity index (χ4n) is 3.31. The Morgan fingerprint density at radius 2 is 2.10 bits per heavy atom. The lowest BCUT2D eigenvalue weighted by molar-refractivity contribution is 0.103. The number of thioether (sulfide) groups is 1. The number of benzene rings is 1. The largest absolute Gasteiger partial charge is 0.321 e. The van der Waals surface area contributed by atoms with E-state index in [-0.39, 0.29) is 11.5 Å². The summed E-state index contributed by atoms with van der Waals surface area (Å²) in [7, 11) is 0.